The summed E-state index contributed by atoms with van der Waals surface area (Å²) < 4.78 is 11.8. The normalized spacial score (nSPS) is 14.7. The number of hydrogen-bond acceptors (Lipinski definition) is 3. The van der Waals surface area contributed by atoms with Crippen molar-refractivity contribution in [2.75, 3.05) is 18.6 Å². The molecule has 1 heterocycles. The van der Waals surface area contributed by atoms with Crippen LogP contribution in [-0.2, 0) is 4.79 Å². The average molecular weight is 476 g/mol. The summed E-state index contributed by atoms with van der Waals surface area (Å²) in [5.74, 6) is 1.39. The van der Waals surface area contributed by atoms with Crippen molar-refractivity contribution < 1.29 is 14.3 Å². The molecule has 0 bridgehead atoms. The predicted molar refractivity (Wildman–Crippen MR) is 128 cm³/mol. The first-order valence-corrected chi connectivity index (χ1v) is 10.8. The molecule has 3 aromatic carbocycles. The summed E-state index contributed by atoms with van der Waals surface area (Å²) in [6.07, 6.45) is 3.82. The lowest BCUT2D eigenvalue weighted by Crippen LogP contribution is -2.25. The van der Waals surface area contributed by atoms with E-state index in [2.05, 4.69) is 15.9 Å². The van der Waals surface area contributed by atoms with Gasteiger partial charge >= 0.3 is 0 Å². The molecule has 0 aliphatic carbocycles. The van der Waals surface area contributed by atoms with Gasteiger partial charge in [0.1, 0.15) is 11.5 Å². The minimum Gasteiger partial charge on any atom is -0.496 e. The van der Waals surface area contributed by atoms with E-state index in [1.807, 2.05) is 91.9 Å². The lowest BCUT2D eigenvalue weighted by atomic mass is 10.1. The van der Waals surface area contributed by atoms with E-state index in [9.17, 15) is 4.79 Å². The van der Waals surface area contributed by atoms with E-state index < -0.39 is 0 Å². The molecule has 3 aromatic rings. The number of anilines is 1. The number of hydrogen-bond donors (Lipinski definition) is 0. The van der Waals surface area contributed by atoms with Crippen LogP contribution in [0.5, 0.6) is 11.5 Å². The molecule has 0 N–H and O–H groups in total. The van der Waals surface area contributed by atoms with Gasteiger partial charge in [-0.25, -0.2) is 0 Å². The van der Waals surface area contributed by atoms with Crippen molar-refractivity contribution in [3.8, 4) is 11.5 Å². The van der Waals surface area contributed by atoms with Crippen LogP contribution in [0.2, 0.25) is 0 Å². The zero-order chi connectivity index (χ0) is 21.8. The van der Waals surface area contributed by atoms with E-state index in [0.29, 0.717) is 12.2 Å². The molecule has 0 spiro atoms. The Morgan fingerprint density at radius 1 is 1.00 bits per heavy atom. The zero-order valence-corrected chi connectivity index (χ0v) is 18.9. The number of rotatable bonds is 6. The Hall–Kier alpha value is -3.31. The van der Waals surface area contributed by atoms with Gasteiger partial charge in [-0.15, -0.1) is 0 Å². The lowest BCUT2D eigenvalue weighted by molar-refractivity contribution is -0.113. The van der Waals surface area contributed by atoms with Crippen LogP contribution in [0, 0.1) is 0 Å². The summed E-state index contributed by atoms with van der Waals surface area (Å²) in [4.78, 5) is 15.2. The number of halogens is 1. The van der Waals surface area contributed by atoms with Gasteiger partial charge in [0.05, 0.1) is 29.6 Å². The van der Waals surface area contributed by atoms with Crippen LogP contribution < -0.4 is 14.4 Å². The average Bonchev–Trinajstić information content (AvgIpc) is 3.11. The van der Waals surface area contributed by atoms with Crippen LogP contribution in [0.3, 0.4) is 0 Å². The number of ether oxygens (including phenoxy) is 2. The van der Waals surface area contributed by atoms with Gasteiger partial charge in [0.25, 0.3) is 5.91 Å². The van der Waals surface area contributed by atoms with Gasteiger partial charge in [-0.1, -0.05) is 42.5 Å². The smallest absolute Gasteiger partial charge is 0.262 e. The first-order valence-electron chi connectivity index (χ1n) is 10.0. The van der Waals surface area contributed by atoms with Gasteiger partial charge in [-0.2, -0.15) is 0 Å². The van der Waals surface area contributed by atoms with Gasteiger partial charge in [-0.3, -0.25) is 9.69 Å². The molecular weight excluding hydrogens is 454 g/mol. The summed E-state index contributed by atoms with van der Waals surface area (Å²) in [5, 5.41) is 0. The van der Waals surface area contributed by atoms with Crippen molar-refractivity contribution in [3.63, 3.8) is 0 Å². The van der Waals surface area contributed by atoms with Gasteiger partial charge < -0.3 is 9.47 Å². The summed E-state index contributed by atoms with van der Waals surface area (Å²) in [6, 6.07) is 23.3. The molecule has 0 unspecified atom stereocenters. The third-order valence-corrected chi connectivity index (χ3v) is 5.56. The Morgan fingerprint density at radius 3 is 2.52 bits per heavy atom. The number of benzene rings is 3. The predicted octanol–water partition coefficient (Wildman–Crippen LogP) is 6.33. The second-order valence-electron chi connectivity index (χ2n) is 6.96. The SMILES string of the molecule is CCOc1cccc(N2C(=O)/C(=C/c3ccc(OC)c(Br)c3)C=C2c2ccccc2)c1. The number of nitrogens with zero attached hydrogens (tertiary/aromatic N) is 1. The van der Waals surface area contributed by atoms with Crippen molar-refractivity contribution in [2.24, 2.45) is 0 Å². The van der Waals surface area contributed by atoms with Gasteiger partial charge in [0, 0.05) is 11.6 Å². The highest BCUT2D eigenvalue weighted by molar-refractivity contribution is 9.10. The molecule has 0 saturated heterocycles. The van der Waals surface area contributed by atoms with Crippen molar-refractivity contribution in [3.05, 3.63) is 100 Å². The Kier molecular flexibility index (Phi) is 6.23. The van der Waals surface area contributed by atoms with Crippen LogP contribution in [0.25, 0.3) is 11.8 Å². The van der Waals surface area contributed by atoms with Crippen LogP contribution in [0.15, 0.2) is 88.9 Å². The molecule has 0 fully saturated rings. The molecule has 0 radical (unpaired) electrons. The van der Waals surface area contributed by atoms with E-state index >= 15 is 0 Å². The fourth-order valence-corrected chi connectivity index (χ4v) is 4.08. The largest absolute Gasteiger partial charge is 0.496 e. The van der Waals surface area contributed by atoms with Crippen LogP contribution in [0.1, 0.15) is 18.1 Å². The molecule has 156 valence electrons. The van der Waals surface area contributed by atoms with Crippen LogP contribution >= 0.6 is 15.9 Å². The summed E-state index contributed by atoms with van der Waals surface area (Å²) in [7, 11) is 1.63. The quantitative estimate of drug-likeness (QED) is 0.391. The molecule has 0 saturated carbocycles. The summed E-state index contributed by atoms with van der Waals surface area (Å²) in [6.45, 7) is 2.51. The maximum atomic E-state index is 13.5. The van der Waals surface area contributed by atoms with Crippen molar-refractivity contribution in [2.45, 2.75) is 6.92 Å². The van der Waals surface area contributed by atoms with E-state index in [4.69, 9.17) is 9.47 Å². The fraction of sp³-hybridized carbons (Fsp3) is 0.115. The Labute approximate surface area is 190 Å². The van der Waals surface area contributed by atoms with Gasteiger partial charge in [-0.05, 0) is 70.4 Å². The molecule has 1 aliphatic rings. The lowest BCUT2D eigenvalue weighted by Gasteiger charge is -2.21. The molecule has 1 aliphatic heterocycles. The highest BCUT2D eigenvalue weighted by Gasteiger charge is 2.30. The summed E-state index contributed by atoms with van der Waals surface area (Å²) in [5.41, 5.74) is 4.09. The highest BCUT2D eigenvalue weighted by atomic mass is 79.9. The minimum atomic E-state index is -0.0838. The van der Waals surface area contributed by atoms with Crippen LogP contribution in [0.4, 0.5) is 5.69 Å². The van der Waals surface area contributed by atoms with Crippen molar-refractivity contribution in [1.82, 2.24) is 0 Å². The number of amides is 1. The maximum absolute atomic E-state index is 13.5. The summed E-state index contributed by atoms with van der Waals surface area (Å²) >= 11 is 3.51. The molecule has 31 heavy (non-hydrogen) atoms. The number of methoxy groups -OCH3 is 1. The monoisotopic (exact) mass is 475 g/mol. The molecule has 0 atom stereocenters. The third kappa shape index (κ3) is 4.42. The Bertz CT molecular complexity index is 1170. The maximum Gasteiger partial charge on any atom is 0.262 e. The van der Waals surface area contributed by atoms with Crippen molar-refractivity contribution in [1.29, 1.82) is 0 Å². The molecule has 0 aromatic heterocycles. The first-order chi connectivity index (χ1) is 15.1. The molecule has 1 amide bonds. The van der Waals surface area contributed by atoms with Gasteiger partial charge in [0.15, 0.2) is 0 Å². The third-order valence-electron chi connectivity index (χ3n) is 4.94. The minimum absolute atomic E-state index is 0.0838. The molecular formula is C26H22BrNO3. The second-order valence-corrected chi connectivity index (χ2v) is 7.81. The topological polar surface area (TPSA) is 38.8 Å². The van der Waals surface area contributed by atoms with Crippen molar-refractivity contribution >= 4 is 39.3 Å². The van der Waals surface area contributed by atoms with E-state index in [0.717, 1.165) is 38.5 Å². The Balaban J connectivity index is 1.79. The van der Waals surface area contributed by atoms with E-state index in [-0.39, 0.29) is 5.91 Å². The Morgan fingerprint density at radius 2 is 1.81 bits per heavy atom. The standard InChI is InChI=1S/C26H22BrNO3/c1-3-31-22-11-7-10-21(17-22)28-24(19-8-5-4-6-9-19)16-20(26(28)29)14-18-12-13-25(30-2)23(27)15-18/h4-17H,3H2,1-2H3/b20-14+. The number of carbonyl (C=O) groups excluding carboxylic acids is 1. The van der Waals surface area contributed by atoms with Gasteiger partial charge in [0.2, 0.25) is 0 Å². The fourth-order valence-electron chi connectivity index (χ4n) is 3.52. The van der Waals surface area contributed by atoms with Crippen LogP contribution in [-0.4, -0.2) is 19.6 Å². The zero-order valence-electron chi connectivity index (χ0n) is 17.3. The number of carbonyl (C=O) groups is 1. The van der Waals surface area contributed by atoms with E-state index in [1.54, 1.807) is 12.0 Å². The second kappa shape index (κ2) is 9.23. The molecule has 4 nitrogen and oxygen atoms in total. The van der Waals surface area contributed by atoms with E-state index in [1.165, 1.54) is 0 Å². The molecule has 5 heteroatoms. The first kappa shape index (κ1) is 20.9. The molecule has 4 rings (SSSR count). The highest BCUT2D eigenvalue weighted by Crippen LogP contribution is 2.37.